The first-order valence-electron chi connectivity index (χ1n) is 3.76. The maximum absolute atomic E-state index is 5.86. The normalized spacial score (nSPS) is 20.2. The van der Waals surface area contributed by atoms with Crippen LogP contribution in [0.5, 0.6) is 0 Å². The molecular weight excluding hydrogens is 142 g/mol. The average molecular weight is 153 g/mol. The Balaban J connectivity index is 2.06. The minimum atomic E-state index is -0.0288. The third-order valence-corrected chi connectivity index (χ3v) is 1.97. The minimum Gasteiger partial charge on any atom is -0.339 e. The predicted octanol–water partition coefficient (Wildman–Crippen LogP) is 0.412. The molecule has 0 bridgehead atoms. The Labute approximate surface area is 64.8 Å². The number of rotatable bonds is 2. The van der Waals surface area contributed by atoms with Crippen LogP contribution < -0.4 is 5.73 Å². The highest BCUT2D eigenvalue weighted by atomic mass is 16.5. The van der Waals surface area contributed by atoms with E-state index in [2.05, 4.69) is 10.1 Å². The van der Waals surface area contributed by atoms with Gasteiger partial charge in [-0.05, 0) is 19.8 Å². The number of aryl methyl sites for hydroxylation is 1. The van der Waals surface area contributed by atoms with Gasteiger partial charge in [0.2, 0.25) is 5.89 Å². The Morgan fingerprint density at radius 1 is 1.64 bits per heavy atom. The van der Waals surface area contributed by atoms with Gasteiger partial charge in [0.25, 0.3) is 0 Å². The lowest BCUT2D eigenvalue weighted by atomic mass is 10.2. The highest BCUT2D eigenvalue weighted by Crippen LogP contribution is 2.34. The molecule has 0 atom stereocenters. The number of hydrogen-bond acceptors (Lipinski definition) is 4. The van der Waals surface area contributed by atoms with E-state index < -0.39 is 0 Å². The monoisotopic (exact) mass is 153 g/mol. The molecule has 11 heavy (non-hydrogen) atoms. The van der Waals surface area contributed by atoms with Gasteiger partial charge in [0.05, 0.1) is 0 Å². The van der Waals surface area contributed by atoms with Crippen LogP contribution in [0.15, 0.2) is 4.52 Å². The molecule has 0 amide bonds. The summed E-state index contributed by atoms with van der Waals surface area (Å²) >= 11 is 0. The first-order valence-corrected chi connectivity index (χ1v) is 3.76. The van der Waals surface area contributed by atoms with Crippen molar-refractivity contribution in [2.24, 2.45) is 5.73 Å². The van der Waals surface area contributed by atoms with Crippen LogP contribution in [-0.4, -0.2) is 15.7 Å². The van der Waals surface area contributed by atoms with Crippen LogP contribution in [0.25, 0.3) is 0 Å². The van der Waals surface area contributed by atoms with Crippen LogP contribution in [0.3, 0.4) is 0 Å². The zero-order chi connectivity index (χ0) is 7.90. The topological polar surface area (TPSA) is 64.9 Å². The van der Waals surface area contributed by atoms with Crippen molar-refractivity contribution in [2.45, 2.75) is 31.7 Å². The molecule has 2 N–H and O–H groups in total. The zero-order valence-corrected chi connectivity index (χ0v) is 6.50. The average Bonchev–Trinajstić information content (AvgIpc) is 2.49. The Hall–Kier alpha value is -0.900. The molecule has 1 aliphatic rings. The van der Waals surface area contributed by atoms with Gasteiger partial charge in [0.1, 0.15) is 0 Å². The van der Waals surface area contributed by atoms with E-state index in [4.69, 9.17) is 10.3 Å². The lowest BCUT2D eigenvalue weighted by Gasteiger charge is -2.01. The summed E-state index contributed by atoms with van der Waals surface area (Å²) in [7, 11) is 0. The van der Waals surface area contributed by atoms with E-state index in [1.54, 1.807) is 0 Å². The standard InChI is InChI=1S/C7H11N3O/c1-5-9-6(11-10-5)4-7(8)2-3-7/h2-4,8H2,1H3. The molecule has 1 aromatic heterocycles. The van der Waals surface area contributed by atoms with Crippen LogP contribution >= 0.6 is 0 Å². The second-order valence-corrected chi connectivity index (χ2v) is 3.27. The Morgan fingerprint density at radius 3 is 2.82 bits per heavy atom. The molecule has 2 rings (SSSR count). The molecule has 0 aliphatic heterocycles. The van der Waals surface area contributed by atoms with Crippen molar-refractivity contribution >= 4 is 0 Å². The summed E-state index contributed by atoms with van der Waals surface area (Å²) in [6, 6.07) is 0. The summed E-state index contributed by atoms with van der Waals surface area (Å²) in [5, 5.41) is 3.69. The van der Waals surface area contributed by atoms with Gasteiger partial charge in [-0.25, -0.2) is 0 Å². The molecule has 0 unspecified atom stereocenters. The van der Waals surface area contributed by atoms with Crippen LogP contribution in [0.4, 0.5) is 0 Å². The van der Waals surface area contributed by atoms with Crippen LogP contribution in [-0.2, 0) is 6.42 Å². The molecule has 4 nitrogen and oxygen atoms in total. The number of nitrogens with two attached hydrogens (primary N) is 1. The fourth-order valence-electron chi connectivity index (χ4n) is 1.05. The largest absolute Gasteiger partial charge is 0.339 e. The summed E-state index contributed by atoms with van der Waals surface area (Å²) < 4.78 is 4.94. The third kappa shape index (κ3) is 1.40. The maximum atomic E-state index is 5.86. The molecule has 4 heteroatoms. The van der Waals surface area contributed by atoms with Crippen molar-refractivity contribution in [1.82, 2.24) is 10.1 Å². The van der Waals surface area contributed by atoms with E-state index in [0.29, 0.717) is 11.7 Å². The molecule has 0 radical (unpaired) electrons. The Bertz CT molecular complexity index is 264. The van der Waals surface area contributed by atoms with Crippen molar-refractivity contribution < 1.29 is 4.52 Å². The Morgan fingerprint density at radius 2 is 2.36 bits per heavy atom. The first-order chi connectivity index (χ1) is 5.18. The Kier molecular flexibility index (Phi) is 1.26. The van der Waals surface area contributed by atoms with Gasteiger partial charge in [-0.15, -0.1) is 0 Å². The number of aromatic nitrogens is 2. The van der Waals surface area contributed by atoms with Crippen molar-refractivity contribution in [3.63, 3.8) is 0 Å². The van der Waals surface area contributed by atoms with Crippen LogP contribution in [0, 0.1) is 6.92 Å². The SMILES string of the molecule is Cc1noc(CC2(N)CC2)n1. The van der Waals surface area contributed by atoms with Gasteiger partial charge >= 0.3 is 0 Å². The highest BCUT2D eigenvalue weighted by Gasteiger charge is 2.39. The quantitative estimate of drug-likeness (QED) is 0.668. The van der Waals surface area contributed by atoms with Crippen molar-refractivity contribution in [1.29, 1.82) is 0 Å². The van der Waals surface area contributed by atoms with Crippen molar-refractivity contribution in [2.75, 3.05) is 0 Å². The van der Waals surface area contributed by atoms with Crippen molar-refractivity contribution in [3.05, 3.63) is 11.7 Å². The van der Waals surface area contributed by atoms with E-state index in [-0.39, 0.29) is 5.54 Å². The third-order valence-electron chi connectivity index (χ3n) is 1.97. The van der Waals surface area contributed by atoms with Gasteiger partial charge in [0, 0.05) is 12.0 Å². The van der Waals surface area contributed by atoms with Gasteiger partial charge in [-0.2, -0.15) is 4.98 Å². The molecule has 1 fully saturated rings. The molecular formula is C7H11N3O. The molecule has 0 aromatic carbocycles. The van der Waals surface area contributed by atoms with Crippen molar-refractivity contribution in [3.8, 4) is 0 Å². The fourth-order valence-corrected chi connectivity index (χ4v) is 1.05. The van der Waals surface area contributed by atoms with Gasteiger partial charge in [-0.3, -0.25) is 0 Å². The van der Waals surface area contributed by atoms with Gasteiger partial charge in [0.15, 0.2) is 5.82 Å². The minimum absolute atomic E-state index is 0.0288. The number of nitrogens with zero attached hydrogens (tertiary/aromatic N) is 2. The van der Waals surface area contributed by atoms with E-state index in [9.17, 15) is 0 Å². The summed E-state index contributed by atoms with van der Waals surface area (Å²) in [5.74, 6) is 1.35. The molecule has 1 heterocycles. The summed E-state index contributed by atoms with van der Waals surface area (Å²) in [4.78, 5) is 4.08. The maximum Gasteiger partial charge on any atom is 0.228 e. The fraction of sp³-hybridized carbons (Fsp3) is 0.714. The molecule has 1 aliphatic carbocycles. The summed E-state index contributed by atoms with van der Waals surface area (Å²) in [6.07, 6.45) is 2.89. The summed E-state index contributed by atoms with van der Waals surface area (Å²) in [5.41, 5.74) is 5.83. The van der Waals surface area contributed by atoms with Crippen LogP contribution in [0.2, 0.25) is 0 Å². The van der Waals surface area contributed by atoms with E-state index in [0.717, 1.165) is 19.3 Å². The van der Waals surface area contributed by atoms with E-state index in [1.807, 2.05) is 6.92 Å². The second-order valence-electron chi connectivity index (χ2n) is 3.27. The molecule has 0 spiro atoms. The van der Waals surface area contributed by atoms with Gasteiger partial charge in [-0.1, -0.05) is 5.16 Å². The molecule has 0 saturated heterocycles. The molecule has 60 valence electrons. The predicted molar refractivity (Wildman–Crippen MR) is 38.9 cm³/mol. The first kappa shape index (κ1) is 6.79. The second kappa shape index (κ2) is 2.04. The number of hydrogen-bond donors (Lipinski definition) is 1. The lowest BCUT2D eigenvalue weighted by Crippen LogP contribution is -2.24. The molecule has 1 saturated carbocycles. The zero-order valence-electron chi connectivity index (χ0n) is 6.50. The lowest BCUT2D eigenvalue weighted by molar-refractivity contribution is 0.363. The van der Waals surface area contributed by atoms with Crippen LogP contribution in [0.1, 0.15) is 24.6 Å². The van der Waals surface area contributed by atoms with E-state index >= 15 is 0 Å². The van der Waals surface area contributed by atoms with Gasteiger partial charge < -0.3 is 10.3 Å². The highest BCUT2D eigenvalue weighted by molar-refractivity contribution is 5.04. The molecule has 1 aromatic rings. The summed E-state index contributed by atoms with van der Waals surface area (Å²) in [6.45, 7) is 1.81. The smallest absolute Gasteiger partial charge is 0.228 e. The van der Waals surface area contributed by atoms with E-state index in [1.165, 1.54) is 0 Å².